The third kappa shape index (κ3) is 5.32. The maximum absolute atomic E-state index is 12.0. The normalized spacial score (nSPS) is 10.5. The summed E-state index contributed by atoms with van der Waals surface area (Å²) in [6.07, 6.45) is 3.23. The van der Waals surface area contributed by atoms with Crippen molar-refractivity contribution >= 4 is 46.4 Å². The lowest BCUT2D eigenvalue weighted by atomic mass is 10.2. The Morgan fingerprint density at radius 3 is 2.23 bits per heavy atom. The van der Waals surface area contributed by atoms with E-state index >= 15 is 0 Å². The van der Waals surface area contributed by atoms with Gasteiger partial charge in [0.05, 0.1) is 0 Å². The molecule has 0 saturated carbocycles. The number of nitrogens with one attached hydrogen (secondary N) is 3. The second-order valence-corrected chi connectivity index (χ2v) is 6.19. The molecule has 1 aromatic heterocycles. The maximum Gasteiger partial charge on any atom is 0.323 e. The molecule has 0 spiro atoms. The summed E-state index contributed by atoms with van der Waals surface area (Å²) >= 11 is 1.57. The van der Waals surface area contributed by atoms with Crippen LogP contribution in [-0.4, -0.2) is 11.9 Å². The van der Waals surface area contributed by atoms with Crippen molar-refractivity contribution in [1.82, 2.24) is 0 Å². The highest BCUT2D eigenvalue weighted by molar-refractivity contribution is 7.08. The van der Waals surface area contributed by atoms with Gasteiger partial charge in [-0.15, -0.1) is 0 Å². The van der Waals surface area contributed by atoms with E-state index in [0.29, 0.717) is 17.1 Å². The quantitative estimate of drug-likeness (QED) is 0.556. The van der Waals surface area contributed by atoms with Gasteiger partial charge in [-0.2, -0.15) is 11.3 Å². The van der Waals surface area contributed by atoms with Crippen molar-refractivity contribution in [2.45, 2.75) is 0 Å². The van der Waals surface area contributed by atoms with Crippen LogP contribution < -0.4 is 16.0 Å². The number of rotatable bonds is 5. The molecule has 0 fully saturated rings. The van der Waals surface area contributed by atoms with E-state index in [0.717, 1.165) is 5.56 Å². The summed E-state index contributed by atoms with van der Waals surface area (Å²) in [5.41, 5.74) is 2.87. The Morgan fingerprint density at radius 2 is 1.50 bits per heavy atom. The van der Waals surface area contributed by atoms with Gasteiger partial charge < -0.3 is 16.0 Å². The Balaban J connectivity index is 1.57. The van der Waals surface area contributed by atoms with Crippen LogP contribution in [0.15, 0.2) is 77.5 Å². The molecule has 0 bridgehead atoms. The summed E-state index contributed by atoms with van der Waals surface area (Å²) in [5, 5.41) is 12.2. The summed E-state index contributed by atoms with van der Waals surface area (Å²) in [6, 6.07) is 17.7. The average Bonchev–Trinajstić information content (AvgIpc) is 3.14. The molecular formula is C20H17N3O2S. The highest BCUT2D eigenvalue weighted by Crippen LogP contribution is 2.16. The number of para-hydroxylation sites is 1. The standard InChI is InChI=1S/C20H17N3O2S/c24-19(10-9-15-11-12-26-14-15)21-17-7-4-8-18(13-17)23-20(25)22-16-5-2-1-3-6-16/h1-14H,(H,21,24)(H2,22,23,25)/b10-9+. The van der Waals surface area contributed by atoms with E-state index in [1.165, 1.54) is 6.08 Å². The molecule has 1 heterocycles. The van der Waals surface area contributed by atoms with Crippen LogP contribution in [0.25, 0.3) is 6.08 Å². The predicted molar refractivity (Wildman–Crippen MR) is 108 cm³/mol. The van der Waals surface area contributed by atoms with Crippen LogP contribution in [0, 0.1) is 0 Å². The molecular weight excluding hydrogens is 346 g/mol. The van der Waals surface area contributed by atoms with E-state index in [4.69, 9.17) is 0 Å². The first-order chi connectivity index (χ1) is 12.7. The Hall–Kier alpha value is -3.38. The molecule has 0 radical (unpaired) electrons. The molecule has 0 unspecified atom stereocenters. The Kier molecular flexibility index (Phi) is 5.80. The van der Waals surface area contributed by atoms with E-state index in [9.17, 15) is 9.59 Å². The third-order valence-electron chi connectivity index (χ3n) is 3.39. The van der Waals surface area contributed by atoms with Crippen LogP contribution in [0.4, 0.5) is 21.9 Å². The number of thiophene rings is 1. The molecule has 0 aliphatic rings. The first-order valence-electron chi connectivity index (χ1n) is 7.93. The SMILES string of the molecule is O=C(/C=C/c1ccsc1)Nc1cccc(NC(=O)Nc2ccccc2)c1. The lowest BCUT2D eigenvalue weighted by Crippen LogP contribution is -2.19. The highest BCUT2D eigenvalue weighted by atomic mass is 32.1. The molecule has 3 rings (SSSR count). The number of hydrogen-bond donors (Lipinski definition) is 3. The number of amides is 3. The lowest BCUT2D eigenvalue weighted by Gasteiger charge is -2.09. The van der Waals surface area contributed by atoms with E-state index in [1.807, 2.05) is 35.0 Å². The van der Waals surface area contributed by atoms with Gasteiger partial charge >= 0.3 is 6.03 Å². The van der Waals surface area contributed by atoms with Gasteiger partial charge in [0, 0.05) is 23.1 Å². The second-order valence-electron chi connectivity index (χ2n) is 5.41. The molecule has 0 atom stereocenters. The summed E-state index contributed by atoms with van der Waals surface area (Å²) in [7, 11) is 0. The van der Waals surface area contributed by atoms with Crippen molar-refractivity contribution in [1.29, 1.82) is 0 Å². The van der Waals surface area contributed by atoms with Gasteiger partial charge in [-0.25, -0.2) is 4.79 Å². The van der Waals surface area contributed by atoms with Crippen molar-refractivity contribution < 1.29 is 9.59 Å². The van der Waals surface area contributed by atoms with E-state index in [-0.39, 0.29) is 11.9 Å². The van der Waals surface area contributed by atoms with Gasteiger partial charge in [-0.05, 0) is 58.8 Å². The highest BCUT2D eigenvalue weighted by Gasteiger charge is 2.04. The fraction of sp³-hybridized carbons (Fsp3) is 0. The van der Waals surface area contributed by atoms with Gasteiger partial charge in [-0.1, -0.05) is 24.3 Å². The van der Waals surface area contributed by atoms with Crippen LogP contribution in [-0.2, 0) is 4.79 Å². The molecule has 3 amide bonds. The largest absolute Gasteiger partial charge is 0.323 e. The topological polar surface area (TPSA) is 70.2 Å². The second kappa shape index (κ2) is 8.64. The van der Waals surface area contributed by atoms with Crippen LogP contribution >= 0.6 is 11.3 Å². The number of carbonyl (C=O) groups excluding carboxylic acids is 2. The van der Waals surface area contributed by atoms with Crippen molar-refractivity contribution in [3.05, 3.63) is 83.1 Å². The van der Waals surface area contributed by atoms with Crippen molar-refractivity contribution in [2.75, 3.05) is 16.0 Å². The van der Waals surface area contributed by atoms with Crippen molar-refractivity contribution in [3.8, 4) is 0 Å². The molecule has 0 saturated heterocycles. The molecule has 0 aliphatic heterocycles. The number of anilines is 3. The monoisotopic (exact) mass is 363 g/mol. The van der Waals surface area contributed by atoms with Crippen LogP contribution in [0.3, 0.4) is 0 Å². The zero-order valence-electron chi connectivity index (χ0n) is 13.8. The Morgan fingerprint density at radius 1 is 0.808 bits per heavy atom. The fourth-order valence-corrected chi connectivity index (χ4v) is 2.84. The van der Waals surface area contributed by atoms with Crippen LogP contribution in [0.1, 0.15) is 5.56 Å². The molecule has 6 heteroatoms. The molecule has 3 N–H and O–H groups in total. The molecule has 2 aromatic carbocycles. The third-order valence-corrected chi connectivity index (χ3v) is 4.09. The summed E-state index contributed by atoms with van der Waals surface area (Å²) in [4.78, 5) is 24.0. The zero-order valence-corrected chi connectivity index (χ0v) is 14.6. The Labute approximate surface area is 155 Å². The minimum Gasteiger partial charge on any atom is -0.322 e. The predicted octanol–water partition coefficient (Wildman–Crippen LogP) is 5.04. The lowest BCUT2D eigenvalue weighted by molar-refractivity contribution is -0.111. The van der Waals surface area contributed by atoms with Gasteiger partial charge in [0.25, 0.3) is 0 Å². The fourth-order valence-electron chi connectivity index (χ4n) is 2.22. The van der Waals surface area contributed by atoms with Gasteiger partial charge in [0.1, 0.15) is 0 Å². The van der Waals surface area contributed by atoms with Crippen molar-refractivity contribution in [3.63, 3.8) is 0 Å². The van der Waals surface area contributed by atoms with Gasteiger partial charge in [-0.3, -0.25) is 4.79 Å². The summed E-state index contributed by atoms with van der Waals surface area (Å²) in [5.74, 6) is -0.234. The first-order valence-corrected chi connectivity index (χ1v) is 8.88. The minimum atomic E-state index is -0.350. The number of benzene rings is 2. The molecule has 26 heavy (non-hydrogen) atoms. The first kappa shape index (κ1) is 17.4. The van der Waals surface area contributed by atoms with Crippen molar-refractivity contribution in [2.24, 2.45) is 0 Å². The van der Waals surface area contributed by atoms with Gasteiger partial charge in [0.15, 0.2) is 0 Å². The number of carbonyl (C=O) groups is 2. The maximum atomic E-state index is 12.0. The number of hydrogen-bond acceptors (Lipinski definition) is 3. The molecule has 0 aliphatic carbocycles. The molecule has 3 aromatic rings. The Bertz CT molecular complexity index is 906. The average molecular weight is 363 g/mol. The number of urea groups is 1. The van der Waals surface area contributed by atoms with Crippen LogP contribution in [0.2, 0.25) is 0 Å². The van der Waals surface area contributed by atoms with E-state index in [1.54, 1.807) is 53.8 Å². The van der Waals surface area contributed by atoms with Crippen LogP contribution in [0.5, 0.6) is 0 Å². The van der Waals surface area contributed by atoms with E-state index in [2.05, 4.69) is 16.0 Å². The molecule has 130 valence electrons. The summed E-state index contributed by atoms with van der Waals surface area (Å²) < 4.78 is 0. The smallest absolute Gasteiger partial charge is 0.322 e. The zero-order chi connectivity index (χ0) is 18.2. The molecule has 5 nitrogen and oxygen atoms in total. The van der Waals surface area contributed by atoms with E-state index < -0.39 is 0 Å². The summed E-state index contributed by atoms with van der Waals surface area (Å²) in [6.45, 7) is 0. The van der Waals surface area contributed by atoms with Gasteiger partial charge in [0.2, 0.25) is 5.91 Å². The minimum absolute atomic E-state index is 0.234.